The molecule has 0 radical (unpaired) electrons. The van der Waals surface area contributed by atoms with E-state index in [0.717, 1.165) is 5.69 Å². The third-order valence-electron chi connectivity index (χ3n) is 3.69. The molecule has 0 bridgehead atoms. The molecule has 2 N–H and O–H groups in total. The van der Waals surface area contributed by atoms with Crippen LogP contribution in [0.4, 0.5) is 17.2 Å². The average molecular weight is 366 g/mol. The Morgan fingerprint density at radius 1 is 0.846 bits per heavy atom. The number of aromatic nitrogens is 1. The number of rotatable bonds is 5. The van der Waals surface area contributed by atoms with Crippen LogP contribution in [-0.2, 0) is 0 Å². The zero-order valence-electron chi connectivity index (χ0n) is 14.0. The lowest BCUT2D eigenvalue weighted by atomic mass is 10.1. The second-order valence-electron chi connectivity index (χ2n) is 5.65. The molecule has 3 rings (SSSR count). The van der Waals surface area contributed by atoms with Gasteiger partial charge in [-0.15, -0.1) is 0 Å². The van der Waals surface area contributed by atoms with Crippen molar-refractivity contribution in [3.8, 4) is 0 Å². The maximum absolute atomic E-state index is 12.2. The second kappa shape index (κ2) is 7.80. The summed E-state index contributed by atoms with van der Waals surface area (Å²) in [6, 6.07) is 17.4. The molecule has 6 heteroatoms. The number of nitrogens with zero attached hydrogens (tertiary/aromatic N) is 1. The van der Waals surface area contributed by atoms with E-state index in [2.05, 4.69) is 15.6 Å². The summed E-state index contributed by atoms with van der Waals surface area (Å²) in [6.07, 6.45) is 1.50. The number of carbonyl (C=O) groups excluding carboxylic acids is 2. The predicted octanol–water partition coefficient (Wildman–Crippen LogP) is 4.93. The van der Waals surface area contributed by atoms with Crippen LogP contribution in [0.15, 0.2) is 66.9 Å². The van der Waals surface area contributed by atoms with Gasteiger partial charge >= 0.3 is 0 Å². The molecule has 2 aromatic carbocycles. The number of pyridine rings is 1. The van der Waals surface area contributed by atoms with Crippen LogP contribution in [0.25, 0.3) is 0 Å². The number of nitrogens with one attached hydrogen (secondary N) is 2. The highest BCUT2D eigenvalue weighted by atomic mass is 35.5. The number of anilines is 3. The highest BCUT2D eigenvalue weighted by Gasteiger charge is 2.07. The first-order valence-electron chi connectivity index (χ1n) is 7.92. The van der Waals surface area contributed by atoms with Gasteiger partial charge in [0.1, 0.15) is 5.82 Å². The van der Waals surface area contributed by atoms with E-state index in [1.165, 1.54) is 13.1 Å². The van der Waals surface area contributed by atoms with Gasteiger partial charge in [-0.2, -0.15) is 0 Å². The molecule has 0 saturated heterocycles. The highest BCUT2D eigenvalue weighted by Crippen LogP contribution is 2.17. The maximum atomic E-state index is 12.2. The Balaban J connectivity index is 1.64. The molecule has 5 nitrogen and oxygen atoms in total. The van der Waals surface area contributed by atoms with Gasteiger partial charge in [0.15, 0.2) is 5.78 Å². The summed E-state index contributed by atoms with van der Waals surface area (Å²) >= 11 is 5.83. The van der Waals surface area contributed by atoms with Crippen LogP contribution in [0.2, 0.25) is 5.02 Å². The summed E-state index contributed by atoms with van der Waals surface area (Å²) < 4.78 is 0. The SMILES string of the molecule is CC(=O)c1ccc(Nc2ccc(C(=O)Nc3ccc(Cl)cc3)cn2)cc1. The summed E-state index contributed by atoms with van der Waals surface area (Å²) in [6.45, 7) is 1.53. The Hall–Kier alpha value is -3.18. The maximum Gasteiger partial charge on any atom is 0.257 e. The smallest absolute Gasteiger partial charge is 0.257 e. The van der Waals surface area contributed by atoms with Gasteiger partial charge in [0.25, 0.3) is 5.91 Å². The number of hydrogen-bond acceptors (Lipinski definition) is 4. The molecular weight excluding hydrogens is 350 g/mol. The first-order valence-corrected chi connectivity index (χ1v) is 8.30. The Morgan fingerprint density at radius 3 is 2.04 bits per heavy atom. The van der Waals surface area contributed by atoms with Gasteiger partial charge in [-0.05, 0) is 67.6 Å². The molecular formula is C20H16ClN3O2. The van der Waals surface area contributed by atoms with Gasteiger partial charge < -0.3 is 10.6 Å². The largest absolute Gasteiger partial charge is 0.340 e. The van der Waals surface area contributed by atoms with E-state index < -0.39 is 0 Å². The molecule has 3 aromatic rings. The Labute approximate surface area is 156 Å². The van der Waals surface area contributed by atoms with Crippen molar-refractivity contribution in [2.75, 3.05) is 10.6 Å². The van der Waals surface area contributed by atoms with Crippen LogP contribution in [0.5, 0.6) is 0 Å². The summed E-state index contributed by atoms with van der Waals surface area (Å²) in [5.41, 5.74) is 2.56. The summed E-state index contributed by atoms with van der Waals surface area (Å²) in [5.74, 6) is 0.367. The molecule has 0 saturated carbocycles. The van der Waals surface area contributed by atoms with Crippen LogP contribution in [-0.4, -0.2) is 16.7 Å². The summed E-state index contributed by atoms with van der Waals surface area (Å²) in [5, 5.41) is 6.51. The summed E-state index contributed by atoms with van der Waals surface area (Å²) in [7, 11) is 0. The molecule has 0 aliphatic rings. The number of hydrogen-bond donors (Lipinski definition) is 2. The van der Waals surface area contributed by atoms with Gasteiger partial charge in [-0.1, -0.05) is 11.6 Å². The van der Waals surface area contributed by atoms with Crippen molar-refractivity contribution < 1.29 is 9.59 Å². The van der Waals surface area contributed by atoms with Crippen LogP contribution in [0.1, 0.15) is 27.6 Å². The minimum atomic E-state index is -0.253. The van der Waals surface area contributed by atoms with E-state index >= 15 is 0 Å². The fourth-order valence-electron chi connectivity index (χ4n) is 2.27. The minimum absolute atomic E-state index is 0.0192. The first kappa shape index (κ1) is 17.6. The van der Waals surface area contributed by atoms with E-state index in [4.69, 9.17) is 11.6 Å². The lowest BCUT2D eigenvalue weighted by Crippen LogP contribution is -2.12. The number of Topliss-reactive ketones (excluding diaryl/α,β-unsaturated/α-hetero) is 1. The summed E-state index contributed by atoms with van der Waals surface area (Å²) in [4.78, 5) is 27.8. The van der Waals surface area contributed by atoms with Gasteiger partial charge in [0.05, 0.1) is 5.56 Å². The topological polar surface area (TPSA) is 71.1 Å². The molecule has 0 aliphatic heterocycles. The molecule has 1 heterocycles. The Kier molecular flexibility index (Phi) is 5.29. The zero-order chi connectivity index (χ0) is 18.5. The van der Waals surface area contributed by atoms with E-state index in [1.807, 2.05) is 0 Å². The van der Waals surface area contributed by atoms with Crippen molar-refractivity contribution >= 4 is 40.5 Å². The number of amides is 1. The number of benzene rings is 2. The number of carbonyl (C=O) groups is 2. The van der Waals surface area contributed by atoms with E-state index in [0.29, 0.717) is 27.7 Å². The van der Waals surface area contributed by atoms with Crippen molar-refractivity contribution in [3.63, 3.8) is 0 Å². The molecule has 26 heavy (non-hydrogen) atoms. The van der Waals surface area contributed by atoms with Crippen LogP contribution >= 0.6 is 11.6 Å². The molecule has 0 spiro atoms. The van der Waals surface area contributed by atoms with E-state index in [1.54, 1.807) is 60.7 Å². The molecule has 0 fully saturated rings. The third kappa shape index (κ3) is 4.46. The lowest BCUT2D eigenvalue weighted by molar-refractivity contribution is 0.101. The number of ketones is 1. The monoisotopic (exact) mass is 365 g/mol. The van der Waals surface area contributed by atoms with Crippen LogP contribution < -0.4 is 10.6 Å². The van der Waals surface area contributed by atoms with Crippen LogP contribution in [0, 0.1) is 0 Å². The van der Waals surface area contributed by atoms with Crippen molar-refractivity contribution in [2.24, 2.45) is 0 Å². The van der Waals surface area contributed by atoms with Crippen molar-refractivity contribution in [2.45, 2.75) is 6.92 Å². The minimum Gasteiger partial charge on any atom is -0.340 e. The quantitative estimate of drug-likeness (QED) is 0.628. The van der Waals surface area contributed by atoms with Gasteiger partial charge in [0.2, 0.25) is 0 Å². The third-order valence-corrected chi connectivity index (χ3v) is 3.94. The molecule has 0 atom stereocenters. The Morgan fingerprint density at radius 2 is 1.46 bits per heavy atom. The fraction of sp³-hybridized carbons (Fsp3) is 0.0500. The van der Waals surface area contributed by atoms with Gasteiger partial charge in [-0.3, -0.25) is 9.59 Å². The van der Waals surface area contributed by atoms with Crippen LogP contribution in [0.3, 0.4) is 0 Å². The highest BCUT2D eigenvalue weighted by molar-refractivity contribution is 6.30. The van der Waals surface area contributed by atoms with Crippen molar-refractivity contribution in [1.29, 1.82) is 0 Å². The van der Waals surface area contributed by atoms with Crippen molar-refractivity contribution in [1.82, 2.24) is 4.98 Å². The molecule has 0 aliphatic carbocycles. The normalized spacial score (nSPS) is 10.2. The van der Waals surface area contributed by atoms with Crippen molar-refractivity contribution in [3.05, 3.63) is 83.0 Å². The molecule has 1 aromatic heterocycles. The second-order valence-corrected chi connectivity index (χ2v) is 6.09. The standard InChI is InChI=1S/C20H16ClN3O2/c1-13(25)14-2-7-17(8-3-14)23-19-11-4-15(12-22-19)20(26)24-18-9-5-16(21)6-10-18/h2-12H,1H3,(H,22,23)(H,24,26). The molecule has 1 amide bonds. The molecule has 130 valence electrons. The number of halogens is 1. The van der Waals surface area contributed by atoms with E-state index in [-0.39, 0.29) is 11.7 Å². The first-order chi connectivity index (χ1) is 12.5. The molecule has 0 unspecified atom stereocenters. The fourth-order valence-corrected chi connectivity index (χ4v) is 2.40. The van der Waals surface area contributed by atoms with Gasteiger partial charge in [-0.25, -0.2) is 4.98 Å². The zero-order valence-corrected chi connectivity index (χ0v) is 14.7. The van der Waals surface area contributed by atoms with Gasteiger partial charge in [0, 0.05) is 28.2 Å². The predicted molar refractivity (Wildman–Crippen MR) is 103 cm³/mol. The lowest BCUT2D eigenvalue weighted by Gasteiger charge is -2.08. The van der Waals surface area contributed by atoms with E-state index in [9.17, 15) is 9.59 Å². The Bertz CT molecular complexity index is 921. The average Bonchev–Trinajstić information content (AvgIpc) is 2.64.